The molecule has 2 aromatic carbocycles. The summed E-state index contributed by atoms with van der Waals surface area (Å²) in [6, 6.07) is 20.2. The third kappa shape index (κ3) is 4.12. The van der Waals surface area contributed by atoms with Gasteiger partial charge in [-0.1, -0.05) is 79.7 Å². The summed E-state index contributed by atoms with van der Waals surface area (Å²) in [5, 5.41) is 8.42. The van der Waals surface area contributed by atoms with Gasteiger partial charge in [0.15, 0.2) is 0 Å². The highest BCUT2D eigenvalue weighted by atomic mass is 16.5. The smallest absolute Gasteiger partial charge is 0.308 e. The van der Waals surface area contributed by atoms with Crippen molar-refractivity contribution >= 4 is 5.97 Å². The second kappa shape index (κ2) is 7.75. The van der Waals surface area contributed by atoms with E-state index in [1.165, 1.54) is 0 Å². The monoisotopic (exact) mass is 335 g/mol. The molecule has 0 saturated heterocycles. The van der Waals surface area contributed by atoms with Crippen LogP contribution in [0.1, 0.15) is 36.7 Å². The first-order chi connectivity index (χ1) is 12.1. The Bertz CT molecular complexity index is 774. The van der Waals surface area contributed by atoms with E-state index >= 15 is 0 Å². The molecular weight excluding hydrogens is 314 g/mol. The molecule has 5 nitrogen and oxygen atoms in total. The molecule has 5 heteroatoms. The van der Waals surface area contributed by atoms with E-state index in [1.807, 2.05) is 47.3 Å². The lowest BCUT2D eigenvalue weighted by atomic mass is 9.99. The number of aromatic nitrogens is 3. The number of hydrogen-bond acceptors (Lipinski definition) is 4. The van der Waals surface area contributed by atoms with Gasteiger partial charge in [0.25, 0.3) is 0 Å². The SMILES string of the molecule is CC(C)C(=O)OCc1cn(C(c2ccccc2)c2ccccc2)nn1. The Kier molecular flexibility index (Phi) is 5.23. The quantitative estimate of drug-likeness (QED) is 0.646. The van der Waals surface area contributed by atoms with Crippen molar-refractivity contribution in [1.82, 2.24) is 15.0 Å². The fraction of sp³-hybridized carbons (Fsp3) is 0.250. The minimum atomic E-state index is -0.239. The Morgan fingerprint density at radius 1 is 1.00 bits per heavy atom. The third-order valence-corrected chi connectivity index (χ3v) is 3.89. The maximum absolute atomic E-state index is 11.6. The zero-order valence-corrected chi connectivity index (χ0v) is 14.4. The van der Waals surface area contributed by atoms with Gasteiger partial charge in [0.2, 0.25) is 0 Å². The predicted molar refractivity (Wildman–Crippen MR) is 94.8 cm³/mol. The average Bonchev–Trinajstić information content (AvgIpc) is 3.10. The molecule has 0 amide bonds. The van der Waals surface area contributed by atoms with Crippen molar-refractivity contribution in [3.8, 4) is 0 Å². The number of ether oxygens (including phenoxy) is 1. The van der Waals surface area contributed by atoms with Gasteiger partial charge in [0.1, 0.15) is 18.3 Å². The van der Waals surface area contributed by atoms with Crippen molar-refractivity contribution < 1.29 is 9.53 Å². The average molecular weight is 335 g/mol. The Morgan fingerprint density at radius 3 is 2.08 bits per heavy atom. The zero-order valence-electron chi connectivity index (χ0n) is 14.4. The molecule has 3 aromatic rings. The summed E-state index contributed by atoms with van der Waals surface area (Å²) >= 11 is 0. The van der Waals surface area contributed by atoms with Crippen LogP contribution in [0.2, 0.25) is 0 Å². The molecule has 0 aliphatic heterocycles. The first-order valence-corrected chi connectivity index (χ1v) is 8.32. The van der Waals surface area contributed by atoms with Gasteiger partial charge in [0.05, 0.1) is 12.1 Å². The van der Waals surface area contributed by atoms with E-state index in [1.54, 1.807) is 13.8 Å². The van der Waals surface area contributed by atoms with Crippen LogP contribution < -0.4 is 0 Å². The molecule has 0 atom stereocenters. The second-order valence-corrected chi connectivity index (χ2v) is 6.18. The largest absolute Gasteiger partial charge is 0.459 e. The Labute approximate surface area is 147 Å². The van der Waals surface area contributed by atoms with Gasteiger partial charge in [-0.25, -0.2) is 4.68 Å². The van der Waals surface area contributed by atoms with E-state index in [0.29, 0.717) is 5.69 Å². The van der Waals surface area contributed by atoms with Crippen LogP contribution in [0.3, 0.4) is 0 Å². The standard InChI is InChI=1S/C20H21N3O2/c1-15(2)20(24)25-14-18-13-23(22-21-18)19(16-9-5-3-6-10-16)17-11-7-4-8-12-17/h3-13,15,19H,14H2,1-2H3. The normalized spacial score (nSPS) is 11.0. The van der Waals surface area contributed by atoms with Crippen LogP contribution in [-0.4, -0.2) is 21.0 Å². The van der Waals surface area contributed by atoms with Crippen LogP contribution in [-0.2, 0) is 16.1 Å². The fourth-order valence-corrected chi connectivity index (χ4v) is 2.59. The maximum Gasteiger partial charge on any atom is 0.308 e. The number of nitrogens with zero attached hydrogens (tertiary/aromatic N) is 3. The highest BCUT2D eigenvalue weighted by Crippen LogP contribution is 2.25. The summed E-state index contributed by atoms with van der Waals surface area (Å²) in [4.78, 5) is 11.6. The van der Waals surface area contributed by atoms with Crippen LogP contribution >= 0.6 is 0 Å². The molecule has 0 N–H and O–H groups in total. The summed E-state index contributed by atoms with van der Waals surface area (Å²) in [6.45, 7) is 3.74. The van der Waals surface area contributed by atoms with Gasteiger partial charge >= 0.3 is 5.97 Å². The maximum atomic E-state index is 11.6. The highest BCUT2D eigenvalue weighted by molar-refractivity contribution is 5.71. The molecule has 25 heavy (non-hydrogen) atoms. The molecular formula is C20H21N3O2. The summed E-state index contributed by atoms with van der Waals surface area (Å²) in [5.74, 6) is -0.395. The van der Waals surface area contributed by atoms with Crippen LogP contribution in [0.25, 0.3) is 0 Å². The van der Waals surface area contributed by atoms with Crippen molar-refractivity contribution in [1.29, 1.82) is 0 Å². The Balaban J connectivity index is 1.86. The molecule has 1 heterocycles. The molecule has 0 spiro atoms. The summed E-state index contributed by atoms with van der Waals surface area (Å²) in [6.07, 6.45) is 1.83. The van der Waals surface area contributed by atoms with Gasteiger partial charge in [-0.2, -0.15) is 0 Å². The highest BCUT2D eigenvalue weighted by Gasteiger charge is 2.18. The Hall–Kier alpha value is -2.95. The van der Waals surface area contributed by atoms with Crippen LogP contribution in [0.15, 0.2) is 66.9 Å². The minimum absolute atomic E-state index is 0.0792. The van der Waals surface area contributed by atoms with E-state index in [9.17, 15) is 4.79 Å². The molecule has 0 fully saturated rings. The van der Waals surface area contributed by atoms with Crippen LogP contribution in [0.4, 0.5) is 0 Å². The first-order valence-electron chi connectivity index (χ1n) is 8.32. The number of esters is 1. The van der Waals surface area contributed by atoms with Gasteiger partial charge in [-0.15, -0.1) is 5.10 Å². The molecule has 128 valence electrons. The number of hydrogen-bond donors (Lipinski definition) is 0. The van der Waals surface area contributed by atoms with Gasteiger partial charge in [0, 0.05) is 0 Å². The second-order valence-electron chi connectivity index (χ2n) is 6.18. The lowest BCUT2D eigenvalue weighted by molar-refractivity contribution is -0.148. The molecule has 3 rings (SSSR count). The van der Waals surface area contributed by atoms with E-state index < -0.39 is 0 Å². The van der Waals surface area contributed by atoms with Crippen molar-refractivity contribution in [3.63, 3.8) is 0 Å². The lowest BCUT2D eigenvalue weighted by Crippen LogP contribution is -2.13. The number of carbonyl (C=O) groups excluding carboxylic acids is 1. The fourth-order valence-electron chi connectivity index (χ4n) is 2.59. The minimum Gasteiger partial charge on any atom is -0.459 e. The zero-order chi connectivity index (χ0) is 17.6. The van der Waals surface area contributed by atoms with E-state index in [0.717, 1.165) is 11.1 Å². The molecule has 0 saturated carbocycles. The topological polar surface area (TPSA) is 57.0 Å². The van der Waals surface area contributed by atoms with Crippen LogP contribution in [0, 0.1) is 5.92 Å². The molecule has 0 radical (unpaired) electrons. The molecule has 0 aliphatic carbocycles. The molecule has 0 unspecified atom stereocenters. The van der Waals surface area contributed by atoms with Gasteiger partial charge in [-0.3, -0.25) is 4.79 Å². The van der Waals surface area contributed by atoms with Crippen molar-refractivity contribution in [2.75, 3.05) is 0 Å². The van der Waals surface area contributed by atoms with Gasteiger partial charge < -0.3 is 4.74 Å². The molecule has 0 bridgehead atoms. The molecule has 0 aliphatic rings. The van der Waals surface area contributed by atoms with E-state index in [2.05, 4.69) is 34.6 Å². The summed E-state index contributed by atoms with van der Waals surface area (Å²) < 4.78 is 7.05. The number of rotatable bonds is 6. The van der Waals surface area contributed by atoms with Crippen LogP contribution in [0.5, 0.6) is 0 Å². The third-order valence-electron chi connectivity index (χ3n) is 3.89. The van der Waals surface area contributed by atoms with E-state index in [4.69, 9.17) is 4.74 Å². The Morgan fingerprint density at radius 2 is 1.56 bits per heavy atom. The van der Waals surface area contributed by atoms with Crippen molar-refractivity contribution in [3.05, 3.63) is 83.7 Å². The number of carbonyl (C=O) groups is 1. The predicted octanol–water partition coefficient (Wildman–Crippen LogP) is 3.62. The first kappa shape index (κ1) is 16.9. The lowest BCUT2D eigenvalue weighted by Gasteiger charge is -2.17. The molecule has 1 aromatic heterocycles. The van der Waals surface area contributed by atoms with Crippen molar-refractivity contribution in [2.45, 2.75) is 26.5 Å². The number of benzene rings is 2. The summed E-state index contributed by atoms with van der Waals surface area (Å²) in [5.41, 5.74) is 2.86. The van der Waals surface area contributed by atoms with E-state index in [-0.39, 0.29) is 24.5 Å². The summed E-state index contributed by atoms with van der Waals surface area (Å²) in [7, 11) is 0. The van der Waals surface area contributed by atoms with Crippen molar-refractivity contribution in [2.24, 2.45) is 5.92 Å². The van der Waals surface area contributed by atoms with Gasteiger partial charge in [-0.05, 0) is 11.1 Å².